The summed E-state index contributed by atoms with van der Waals surface area (Å²) in [5, 5.41) is 0. The molecule has 0 bridgehead atoms. The number of rotatable bonds is 4. The first-order valence-electron chi connectivity index (χ1n) is 5.90. The first-order valence-corrected chi connectivity index (χ1v) is 6.71. The Balaban J connectivity index is 2.43. The Morgan fingerprint density at radius 2 is 1.58 bits per heavy atom. The normalized spacial score (nSPS) is 10.3. The van der Waals surface area contributed by atoms with E-state index in [2.05, 4.69) is 0 Å². The lowest BCUT2D eigenvalue weighted by Gasteiger charge is -2.07. The van der Waals surface area contributed by atoms with Crippen LogP contribution in [0.25, 0.3) is 0 Å². The number of ether oxygens (including phenoxy) is 2. The number of aryl methyl sites for hydroxylation is 2. The molecule has 0 radical (unpaired) electrons. The highest BCUT2D eigenvalue weighted by Crippen LogP contribution is 2.27. The van der Waals surface area contributed by atoms with E-state index in [0.29, 0.717) is 17.1 Å². The minimum absolute atomic E-state index is 0.00148. The Morgan fingerprint density at radius 3 is 2.00 bits per heavy atom. The van der Waals surface area contributed by atoms with Gasteiger partial charge in [-0.05, 0) is 37.6 Å². The molecule has 19 heavy (non-hydrogen) atoms. The highest BCUT2D eigenvalue weighted by molar-refractivity contribution is 7.14. The first-order chi connectivity index (χ1) is 9.05. The van der Waals surface area contributed by atoms with Gasteiger partial charge in [0.1, 0.15) is 11.5 Å². The van der Waals surface area contributed by atoms with Crippen molar-refractivity contribution in [2.45, 2.75) is 13.8 Å². The number of thiophene rings is 1. The van der Waals surface area contributed by atoms with Crippen LogP contribution < -0.4 is 9.47 Å². The summed E-state index contributed by atoms with van der Waals surface area (Å²) in [7, 11) is 3.14. The van der Waals surface area contributed by atoms with E-state index in [1.165, 1.54) is 16.2 Å². The molecule has 4 heteroatoms. The Hall–Kier alpha value is -1.81. The van der Waals surface area contributed by atoms with Crippen LogP contribution in [0.1, 0.15) is 25.7 Å². The SMILES string of the molecule is COc1cc(OC)cc(C(=O)c2cc(C)c(C)s2)c1. The van der Waals surface area contributed by atoms with E-state index in [1.807, 2.05) is 19.9 Å². The van der Waals surface area contributed by atoms with Crippen LogP contribution in [0.15, 0.2) is 24.3 Å². The summed E-state index contributed by atoms with van der Waals surface area (Å²) in [5.41, 5.74) is 1.72. The molecule has 0 fully saturated rings. The molecule has 0 saturated heterocycles. The molecule has 0 unspecified atom stereocenters. The second-order valence-corrected chi connectivity index (χ2v) is 5.54. The van der Waals surface area contributed by atoms with Gasteiger partial charge in [0.15, 0.2) is 0 Å². The number of benzene rings is 1. The fraction of sp³-hybridized carbons (Fsp3) is 0.267. The van der Waals surface area contributed by atoms with Gasteiger partial charge in [0.05, 0.1) is 19.1 Å². The molecule has 0 aliphatic heterocycles. The van der Waals surface area contributed by atoms with Crippen molar-refractivity contribution in [3.05, 3.63) is 45.1 Å². The van der Waals surface area contributed by atoms with Crippen molar-refractivity contribution >= 4 is 17.1 Å². The molecule has 0 spiro atoms. The van der Waals surface area contributed by atoms with Gasteiger partial charge < -0.3 is 9.47 Å². The van der Waals surface area contributed by atoms with Crippen molar-refractivity contribution in [2.75, 3.05) is 14.2 Å². The summed E-state index contributed by atoms with van der Waals surface area (Å²) in [6.07, 6.45) is 0. The summed E-state index contributed by atoms with van der Waals surface area (Å²) >= 11 is 1.51. The van der Waals surface area contributed by atoms with Gasteiger partial charge in [-0.25, -0.2) is 0 Å². The molecular weight excluding hydrogens is 260 g/mol. The smallest absolute Gasteiger partial charge is 0.203 e. The summed E-state index contributed by atoms with van der Waals surface area (Å²) in [6.45, 7) is 4.03. The van der Waals surface area contributed by atoms with Crippen LogP contribution in [-0.4, -0.2) is 20.0 Å². The Labute approximate surface area is 116 Å². The number of carbonyl (C=O) groups excluding carboxylic acids is 1. The maximum Gasteiger partial charge on any atom is 0.203 e. The average molecular weight is 276 g/mol. The molecule has 0 aliphatic carbocycles. The minimum Gasteiger partial charge on any atom is -0.497 e. The Bertz CT molecular complexity index is 572. The number of hydrogen-bond acceptors (Lipinski definition) is 4. The zero-order valence-electron chi connectivity index (χ0n) is 11.4. The maximum atomic E-state index is 12.4. The summed E-state index contributed by atoms with van der Waals surface area (Å²) < 4.78 is 10.4. The number of carbonyl (C=O) groups is 1. The van der Waals surface area contributed by atoms with Crippen molar-refractivity contribution in [1.82, 2.24) is 0 Å². The van der Waals surface area contributed by atoms with Gasteiger partial charge in [-0.15, -0.1) is 11.3 Å². The van der Waals surface area contributed by atoms with E-state index in [0.717, 1.165) is 10.4 Å². The van der Waals surface area contributed by atoms with Crippen LogP contribution in [0.3, 0.4) is 0 Å². The van der Waals surface area contributed by atoms with E-state index in [4.69, 9.17) is 9.47 Å². The topological polar surface area (TPSA) is 35.5 Å². The summed E-state index contributed by atoms with van der Waals surface area (Å²) in [5.74, 6) is 1.24. The lowest BCUT2D eigenvalue weighted by Crippen LogP contribution is -2.00. The van der Waals surface area contributed by atoms with E-state index < -0.39 is 0 Å². The molecule has 0 N–H and O–H groups in total. The minimum atomic E-state index is -0.00148. The summed E-state index contributed by atoms with van der Waals surface area (Å²) in [4.78, 5) is 14.4. The highest BCUT2D eigenvalue weighted by atomic mass is 32.1. The molecule has 1 heterocycles. The average Bonchev–Trinajstić information content (AvgIpc) is 2.77. The molecule has 2 rings (SSSR count). The van der Waals surface area contributed by atoms with Gasteiger partial charge in [-0.1, -0.05) is 0 Å². The van der Waals surface area contributed by atoms with E-state index in [9.17, 15) is 4.79 Å². The molecule has 100 valence electrons. The first kappa shape index (κ1) is 13.6. The zero-order chi connectivity index (χ0) is 14.0. The van der Waals surface area contributed by atoms with Gasteiger partial charge in [0.2, 0.25) is 5.78 Å². The van der Waals surface area contributed by atoms with Gasteiger partial charge in [-0.3, -0.25) is 4.79 Å². The van der Waals surface area contributed by atoms with Gasteiger partial charge in [-0.2, -0.15) is 0 Å². The van der Waals surface area contributed by atoms with Crippen LogP contribution >= 0.6 is 11.3 Å². The lowest BCUT2D eigenvalue weighted by molar-refractivity contribution is 0.104. The van der Waals surface area contributed by atoms with Crippen molar-refractivity contribution in [2.24, 2.45) is 0 Å². The van der Waals surface area contributed by atoms with Crippen LogP contribution in [0, 0.1) is 13.8 Å². The van der Waals surface area contributed by atoms with Crippen LogP contribution in [0.2, 0.25) is 0 Å². The van der Waals surface area contributed by atoms with Crippen molar-refractivity contribution < 1.29 is 14.3 Å². The Kier molecular flexibility index (Phi) is 3.90. The predicted molar refractivity (Wildman–Crippen MR) is 76.8 cm³/mol. The molecule has 0 saturated carbocycles. The molecule has 2 aromatic rings. The number of methoxy groups -OCH3 is 2. The van der Waals surface area contributed by atoms with Crippen LogP contribution in [-0.2, 0) is 0 Å². The number of hydrogen-bond donors (Lipinski definition) is 0. The predicted octanol–water partition coefficient (Wildman–Crippen LogP) is 3.61. The molecule has 1 aromatic carbocycles. The monoisotopic (exact) mass is 276 g/mol. The van der Waals surface area contributed by atoms with E-state index in [1.54, 1.807) is 32.4 Å². The van der Waals surface area contributed by atoms with Gasteiger partial charge >= 0.3 is 0 Å². The van der Waals surface area contributed by atoms with Crippen molar-refractivity contribution in [3.8, 4) is 11.5 Å². The van der Waals surface area contributed by atoms with Crippen molar-refractivity contribution in [1.29, 1.82) is 0 Å². The quantitative estimate of drug-likeness (QED) is 0.800. The van der Waals surface area contributed by atoms with Crippen LogP contribution in [0.5, 0.6) is 11.5 Å². The van der Waals surface area contributed by atoms with Crippen molar-refractivity contribution in [3.63, 3.8) is 0 Å². The second-order valence-electron chi connectivity index (χ2n) is 4.28. The van der Waals surface area contributed by atoms with E-state index in [-0.39, 0.29) is 5.78 Å². The fourth-order valence-electron chi connectivity index (χ4n) is 1.77. The second kappa shape index (κ2) is 5.45. The largest absolute Gasteiger partial charge is 0.497 e. The standard InChI is InChI=1S/C15H16O3S/c1-9-5-14(19-10(9)2)15(16)11-6-12(17-3)8-13(7-11)18-4/h5-8H,1-4H3. The maximum absolute atomic E-state index is 12.4. The molecule has 0 amide bonds. The molecular formula is C15H16O3S. The third-order valence-corrected chi connectivity index (χ3v) is 4.15. The number of ketones is 1. The zero-order valence-corrected chi connectivity index (χ0v) is 12.3. The van der Waals surface area contributed by atoms with E-state index >= 15 is 0 Å². The molecule has 0 atom stereocenters. The van der Waals surface area contributed by atoms with Crippen LogP contribution in [0.4, 0.5) is 0 Å². The summed E-state index contributed by atoms with van der Waals surface area (Å²) in [6, 6.07) is 7.14. The van der Waals surface area contributed by atoms with Gasteiger partial charge in [0, 0.05) is 16.5 Å². The molecule has 3 nitrogen and oxygen atoms in total. The lowest BCUT2D eigenvalue weighted by atomic mass is 10.1. The van der Waals surface area contributed by atoms with Gasteiger partial charge in [0.25, 0.3) is 0 Å². The third kappa shape index (κ3) is 2.79. The Morgan fingerprint density at radius 1 is 1.00 bits per heavy atom. The third-order valence-electron chi connectivity index (χ3n) is 3.00. The molecule has 1 aromatic heterocycles. The fourth-order valence-corrected chi connectivity index (χ4v) is 2.76. The highest BCUT2D eigenvalue weighted by Gasteiger charge is 2.15. The molecule has 0 aliphatic rings.